The van der Waals surface area contributed by atoms with E-state index in [1.165, 1.54) is 14.2 Å². The van der Waals surface area contributed by atoms with Crippen molar-refractivity contribution in [1.82, 2.24) is 9.97 Å². The number of anilines is 1. The number of aromatic nitrogens is 2. The van der Waals surface area contributed by atoms with Crippen LogP contribution in [-0.4, -0.2) is 37.2 Å². The number of carbonyl (C=O) groups excluding carboxylic acids is 1. The fourth-order valence-electron chi connectivity index (χ4n) is 1.75. The Bertz CT molecular complexity index is 629. The highest BCUT2D eigenvalue weighted by Gasteiger charge is 2.14. The van der Waals surface area contributed by atoms with Crippen LogP contribution in [-0.2, 0) is 4.74 Å². The number of carbonyl (C=O) groups is 1. The van der Waals surface area contributed by atoms with Crippen LogP contribution in [0.4, 0.5) is 5.82 Å². The SMILES string of the molecule is CNc1cncc(-c2ccc(C(=O)OC)c(OC)c2)n1. The van der Waals surface area contributed by atoms with Gasteiger partial charge in [-0.05, 0) is 12.1 Å². The molecule has 20 heavy (non-hydrogen) atoms. The first-order chi connectivity index (χ1) is 9.69. The minimum Gasteiger partial charge on any atom is -0.496 e. The average Bonchev–Trinajstić information content (AvgIpc) is 2.53. The summed E-state index contributed by atoms with van der Waals surface area (Å²) in [5, 5.41) is 2.93. The molecule has 2 aromatic rings. The lowest BCUT2D eigenvalue weighted by Gasteiger charge is -2.09. The zero-order valence-corrected chi connectivity index (χ0v) is 11.5. The predicted octanol–water partition coefficient (Wildman–Crippen LogP) is 1.98. The second-order valence-corrected chi connectivity index (χ2v) is 3.95. The van der Waals surface area contributed by atoms with Crippen LogP contribution in [0.5, 0.6) is 5.75 Å². The quantitative estimate of drug-likeness (QED) is 0.859. The third-order valence-corrected chi connectivity index (χ3v) is 2.79. The zero-order chi connectivity index (χ0) is 14.5. The number of esters is 1. The van der Waals surface area contributed by atoms with Crippen molar-refractivity contribution in [2.75, 3.05) is 26.6 Å². The summed E-state index contributed by atoms with van der Waals surface area (Å²) in [6.45, 7) is 0. The number of nitrogens with one attached hydrogen (secondary N) is 1. The fraction of sp³-hybridized carbons (Fsp3) is 0.214. The molecule has 0 aliphatic carbocycles. The maximum Gasteiger partial charge on any atom is 0.341 e. The molecule has 0 aliphatic rings. The number of rotatable bonds is 4. The minimum absolute atomic E-state index is 0.372. The van der Waals surface area contributed by atoms with Gasteiger partial charge >= 0.3 is 5.97 Å². The van der Waals surface area contributed by atoms with Gasteiger partial charge in [0.2, 0.25) is 0 Å². The molecular formula is C14H15N3O3. The number of benzene rings is 1. The predicted molar refractivity (Wildman–Crippen MR) is 74.9 cm³/mol. The molecule has 0 amide bonds. The number of hydrogen-bond donors (Lipinski definition) is 1. The fourth-order valence-corrected chi connectivity index (χ4v) is 1.75. The molecule has 2 rings (SSSR count). The van der Waals surface area contributed by atoms with Crippen molar-refractivity contribution in [2.24, 2.45) is 0 Å². The molecule has 1 aromatic heterocycles. The van der Waals surface area contributed by atoms with Crippen LogP contribution >= 0.6 is 0 Å². The van der Waals surface area contributed by atoms with Crippen LogP contribution in [0.2, 0.25) is 0 Å². The topological polar surface area (TPSA) is 73.3 Å². The van der Waals surface area contributed by atoms with Crippen LogP contribution in [0.1, 0.15) is 10.4 Å². The average molecular weight is 273 g/mol. The number of methoxy groups -OCH3 is 2. The Labute approximate surface area is 116 Å². The van der Waals surface area contributed by atoms with Gasteiger partial charge in [0.15, 0.2) is 0 Å². The number of hydrogen-bond acceptors (Lipinski definition) is 6. The van der Waals surface area contributed by atoms with Crippen molar-refractivity contribution >= 4 is 11.8 Å². The van der Waals surface area contributed by atoms with E-state index in [4.69, 9.17) is 9.47 Å². The Balaban J connectivity index is 2.45. The molecule has 0 saturated heterocycles. The van der Waals surface area contributed by atoms with E-state index < -0.39 is 5.97 Å². The first kappa shape index (κ1) is 13.8. The highest BCUT2D eigenvalue weighted by atomic mass is 16.5. The monoisotopic (exact) mass is 273 g/mol. The summed E-state index contributed by atoms with van der Waals surface area (Å²) in [6.07, 6.45) is 3.27. The molecule has 6 nitrogen and oxygen atoms in total. The molecule has 1 N–H and O–H groups in total. The van der Waals surface area contributed by atoms with Gasteiger partial charge in [-0.1, -0.05) is 6.07 Å². The first-order valence-corrected chi connectivity index (χ1v) is 5.96. The lowest BCUT2D eigenvalue weighted by atomic mass is 10.1. The highest BCUT2D eigenvalue weighted by molar-refractivity contribution is 5.93. The lowest BCUT2D eigenvalue weighted by molar-refractivity contribution is 0.0597. The van der Waals surface area contributed by atoms with Crippen molar-refractivity contribution in [3.63, 3.8) is 0 Å². The van der Waals surface area contributed by atoms with Gasteiger partial charge in [0.25, 0.3) is 0 Å². The normalized spacial score (nSPS) is 9.95. The molecule has 0 radical (unpaired) electrons. The van der Waals surface area contributed by atoms with Crippen LogP contribution in [0, 0.1) is 0 Å². The molecule has 0 bridgehead atoms. The molecule has 0 saturated carbocycles. The molecule has 104 valence electrons. The Hall–Kier alpha value is -2.63. The Kier molecular flexibility index (Phi) is 4.14. The molecular weight excluding hydrogens is 258 g/mol. The summed E-state index contributed by atoms with van der Waals surface area (Å²) in [5.41, 5.74) is 1.86. The van der Waals surface area contributed by atoms with Crippen molar-refractivity contribution in [2.45, 2.75) is 0 Å². The molecule has 0 aliphatic heterocycles. The molecule has 0 unspecified atom stereocenters. The maximum atomic E-state index is 11.6. The smallest absolute Gasteiger partial charge is 0.341 e. The van der Waals surface area contributed by atoms with Gasteiger partial charge in [0.05, 0.1) is 32.3 Å². The first-order valence-electron chi connectivity index (χ1n) is 5.96. The van der Waals surface area contributed by atoms with Crippen LogP contribution < -0.4 is 10.1 Å². The van der Waals surface area contributed by atoms with E-state index in [0.717, 1.165) is 5.56 Å². The van der Waals surface area contributed by atoms with E-state index in [2.05, 4.69) is 15.3 Å². The van der Waals surface area contributed by atoms with Gasteiger partial charge in [0, 0.05) is 12.6 Å². The number of nitrogens with zero attached hydrogens (tertiary/aromatic N) is 2. The van der Waals surface area contributed by atoms with Crippen molar-refractivity contribution in [3.8, 4) is 17.0 Å². The van der Waals surface area contributed by atoms with Crippen molar-refractivity contribution in [1.29, 1.82) is 0 Å². The lowest BCUT2D eigenvalue weighted by Crippen LogP contribution is -2.04. The third-order valence-electron chi connectivity index (χ3n) is 2.79. The van der Waals surface area contributed by atoms with E-state index >= 15 is 0 Å². The summed E-state index contributed by atoms with van der Waals surface area (Å²) in [4.78, 5) is 20.1. The zero-order valence-electron chi connectivity index (χ0n) is 11.5. The molecule has 0 atom stereocenters. The van der Waals surface area contributed by atoms with E-state index in [-0.39, 0.29) is 0 Å². The van der Waals surface area contributed by atoms with E-state index in [0.29, 0.717) is 22.8 Å². The van der Waals surface area contributed by atoms with Gasteiger partial charge in [0.1, 0.15) is 17.1 Å². The summed E-state index contributed by atoms with van der Waals surface area (Å²) in [6, 6.07) is 5.15. The van der Waals surface area contributed by atoms with Gasteiger partial charge in [-0.2, -0.15) is 0 Å². The summed E-state index contributed by atoms with van der Waals surface area (Å²) < 4.78 is 9.93. The summed E-state index contributed by atoms with van der Waals surface area (Å²) in [7, 11) is 4.60. The summed E-state index contributed by atoms with van der Waals surface area (Å²) in [5.74, 6) is 0.660. The molecule has 0 spiro atoms. The van der Waals surface area contributed by atoms with Gasteiger partial charge in [-0.25, -0.2) is 9.78 Å². The standard InChI is InChI=1S/C14H15N3O3/c1-15-13-8-16-7-11(17-13)9-4-5-10(14(18)20-3)12(6-9)19-2/h4-8H,1-3H3,(H,15,17). The van der Waals surface area contributed by atoms with Crippen LogP contribution in [0.15, 0.2) is 30.6 Å². The number of ether oxygens (including phenoxy) is 2. The van der Waals surface area contributed by atoms with Crippen LogP contribution in [0.3, 0.4) is 0 Å². The second kappa shape index (κ2) is 6.01. The van der Waals surface area contributed by atoms with E-state index in [9.17, 15) is 4.79 Å². The largest absolute Gasteiger partial charge is 0.496 e. The summed E-state index contributed by atoms with van der Waals surface area (Å²) >= 11 is 0. The Morgan fingerprint density at radius 1 is 1.25 bits per heavy atom. The molecule has 0 fully saturated rings. The van der Waals surface area contributed by atoms with Gasteiger partial charge in [-0.3, -0.25) is 4.98 Å². The van der Waals surface area contributed by atoms with E-state index in [1.807, 2.05) is 0 Å². The minimum atomic E-state index is -0.441. The van der Waals surface area contributed by atoms with Crippen molar-refractivity contribution < 1.29 is 14.3 Å². The van der Waals surface area contributed by atoms with E-state index in [1.54, 1.807) is 37.6 Å². The molecule has 1 aromatic carbocycles. The molecule has 1 heterocycles. The second-order valence-electron chi connectivity index (χ2n) is 3.95. The Morgan fingerprint density at radius 3 is 2.70 bits per heavy atom. The maximum absolute atomic E-state index is 11.6. The van der Waals surface area contributed by atoms with Crippen LogP contribution in [0.25, 0.3) is 11.3 Å². The van der Waals surface area contributed by atoms with Gasteiger partial charge in [-0.15, -0.1) is 0 Å². The Morgan fingerprint density at radius 2 is 2.05 bits per heavy atom. The van der Waals surface area contributed by atoms with Gasteiger partial charge < -0.3 is 14.8 Å². The van der Waals surface area contributed by atoms with Crippen molar-refractivity contribution in [3.05, 3.63) is 36.2 Å². The highest BCUT2D eigenvalue weighted by Crippen LogP contribution is 2.26. The molecule has 6 heteroatoms. The third kappa shape index (κ3) is 2.69.